The molecule has 0 amide bonds. The van der Waals surface area contributed by atoms with Crippen LogP contribution in [0.3, 0.4) is 0 Å². The number of benzene rings is 2. The van der Waals surface area contributed by atoms with Crippen molar-refractivity contribution in [1.82, 2.24) is 0 Å². The maximum absolute atomic E-state index is 13.4. The molecule has 2 aromatic rings. The van der Waals surface area contributed by atoms with Crippen LogP contribution in [-0.2, 0) is 6.54 Å². The Morgan fingerprint density at radius 3 is 2.57 bits per heavy atom. The highest BCUT2D eigenvalue weighted by atomic mass is 35.5. The van der Waals surface area contributed by atoms with Crippen molar-refractivity contribution in [2.75, 3.05) is 18.5 Å². The Hall–Kier alpha value is -1.65. The molecule has 0 fully saturated rings. The van der Waals surface area contributed by atoms with Crippen LogP contribution >= 0.6 is 23.2 Å². The molecule has 1 aliphatic heterocycles. The first-order valence-corrected chi connectivity index (χ1v) is 7.16. The van der Waals surface area contributed by atoms with Crippen molar-refractivity contribution in [3.63, 3.8) is 0 Å². The molecule has 1 N–H and O–H groups in total. The summed E-state index contributed by atoms with van der Waals surface area (Å²) in [6.45, 7) is 1.57. The van der Waals surface area contributed by atoms with Gasteiger partial charge >= 0.3 is 0 Å². The van der Waals surface area contributed by atoms with Gasteiger partial charge in [-0.2, -0.15) is 0 Å². The highest BCUT2D eigenvalue weighted by Gasteiger charge is 2.15. The van der Waals surface area contributed by atoms with E-state index in [9.17, 15) is 4.39 Å². The molecule has 0 saturated carbocycles. The number of hydrogen-bond acceptors (Lipinski definition) is 3. The number of rotatable bonds is 3. The minimum atomic E-state index is -0.613. The highest BCUT2D eigenvalue weighted by Crippen LogP contribution is 2.34. The van der Waals surface area contributed by atoms with Crippen molar-refractivity contribution >= 4 is 28.9 Å². The van der Waals surface area contributed by atoms with Crippen molar-refractivity contribution < 1.29 is 13.9 Å². The van der Waals surface area contributed by atoms with Crippen LogP contribution in [0.1, 0.15) is 5.56 Å². The van der Waals surface area contributed by atoms with Crippen LogP contribution in [-0.4, -0.2) is 13.2 Å². The molecule has 0 radical (unpaired) electrons. The van der Waals surface area contributed by atoms with Crippen LogP contribution in [0, 0.1) is 5.82 Å². The topological polar surface area (TPSA) is 30.5 Å². The van der Waals surface area contributed by atoms with Gasteiger partial charge in [-0.3, -0.25) is 0 Å². The van der Waals surface area contributed by atoms with E-state index in [0.29, 0.717) is 25.4 Å². The normalized spacial score (nSPS) is 13.1. The summed E-state index contributed by atoms with van der Waals surface area (Å²) in [7, 11) is 0. The number of halogens is 3. The van der Waals surface area contributed by atoms with E-state index < -0.39 is 5.82 Å². The molecule has 0 aromatic heterocycles. The maximum atomic E-state index is 13.4. The predicted octanol–water partition coefficient (Wildman–Crippen LogP) is 4.52. The van der Waals surface area contributed by atoms with Crippen molar-refractivity contribution in [3.05, 3.63) is 51.8 Å². The lowest BCUT2D eigenvalue weighted by Gasteiger charge is -2.21. The molecule has 1 aliphatic rings. The molecule has 6 heteroatoms. The number of anilines is 1. The molecular formula is C15H12Cl2FNO2. The van der Waals surface area contributed by atoms with Gasteiger partial charge in [0.2, 0.25) is 0 Å². The summed E-state index contributed by atoms with van der Waals surface area (Å²) in [4.78, 5) is 0. The Kier molecular flexibility index (Phi) is 4.08. The largest absolute Gasteiger partial charge is 0.486 e. The van der Waals surface area contributed by atoms with Crippen molar-refractivity contribution in [2.45, 2.75) is 6.54 Å². The zero-order valence-corrected chi connectivity index (χ0v) is 12.5. The molecule has 21 heavy (non-hydrogen) atoms. The van der Waals surface area contributed by atoms with Crippen LogP contribution < -0.4 is 14.8 Å². The minimum absolute atomic E-state index is 0.0142. The van der Waals surface area contributed by atoms with Crippen molar-refractivity contribution in [2.24, 2.45) is 0 Å². The second-order valence-electron chi connectivity index (χ2n) is 4.55. The smallest absolute Gasteiger partial charge is 0.166 e. The van der Waals surface area contributed by atoms with Gasteiger partial charge < -0.3 is 14.8 Å². The third-order valence-corrected chi connectivity index (χ3v) is 3.66. The monoisotopic (exact) mass is 327 g/mol. The van der Waals surface area contributed by atoms with Crippen LogP contribution in [0.4, 0.5) is 10.1 Å². The van der Waals surface area contributed by atoms with E-state index in [1.807, 2.05) is 18.2 Å². The van der Waals surface area contributed by atoms with E-state index >= 15 is 0 Å². The first-order chi connectivity index (χ1) is 10.1. The average molecular weight is 328 g/mol. The molecule has 3 rings (SSSR count). The molecule has 1 heterocycles. The summed E-state index contributed by atoms with van der Waals surface area (Å²) in [5.74, 6) is 0.851. The molecular weight excluding hydrogens is 316 g/mol. The second kappa shape index (κ2) is 6.00. The quantitative estimate of drug-likeness (QED) is 0.841. The van der Waals surface area contributed by atoms with Gasteiger partial charge in [0.25, 0.3) is 0 Å². The maximum Gasteiger partial charge on any atom is 0.166 e. The first kappa shape index (κ1) is 14.3. The first-order valence-electron chi connectivity index (χ1n) is 6.41. The minimum Gasteiger partial charge on any atom is -0.486 e. The fourth-order valence-electron chi connectivity index (χ4n) is 2.13. The van der Waals surface area contributed by atoms with E-state index in [0.717, 1.165) is 17.1 Å². The van der Waals surface area contributed by atoms with E-state index in [4.69, 9.17) is 32.7 Å². The lowest BCUT2D eigenvalue weighted by atomic mass is 10.1. The van der Waals surface area contributed by atoms with E-state index in [1.54, 1.807) is 0 Å². The lowest BCUT2D eigenvalue weighted by Crippen LogP contribution is -2.17. The van der Waals surface area contributed by atoms with Gasteiger partial charge in [-0.15, -0.1) is 0 Å². The third kappa shape index (κ3) is 3.01. The van der Waals surface area contributed by atoms with Gasteiger partial charge in [-0.1, -0.05) is 35.3 Å². The predicted molar refractivity (Wildman–Crippen MR) is 81.2 cm³/mol. The molecule has 0 atom stereocenters. The second-order valence-corrected chi connectivity index (χ2v) is 5.36. The average Bonchev–Trinajstić information content (AvgIpc) is 2.50. The summed E-state index contributed by atoms with van der Waals surface area (Å²) in [5.41, 5.74) is 1.59. The van der Waals surface area contributed by atoms with Crippen LogP contribution in [0.25, 0.3) is 0 Å². The zero-order valence-electron chi connectivity index (χ0n) is 11.0. The Morgan fingerprint density at radius 2 is 1.81 bits per heavy atom. The summed E-state index contributed by atoms with van der Waals surface area (Å²) in [5, 5.41) is 3.12. The molecule has 0 saturated heterocycles. The molecule has 110 valence electrons. The van der Waals surface area contributed by atoms with Gasteiger partial charge in [0.15, 0.2) is 17.3 Å². The van der Waals surface area contributed by atoms with Gasteiger partial charge in [0, 0.05) is 17.8 Å². The fourth-order valence-corrected chi connectivity index (χ4v) is 2.62. The van der Waals surface area contributed by atoms with Crippen LogP contribution in [0.2, 0.25) is 10.0 Å². The number of fused-ring (bicyclic) bond motifs is 1. The SMILES string of the molecule is Fc1c(Cl)cc(NCc2cccc3c2OCCO3)cc1Cl. The Balaban J connectivity index is 1.79. The van der Waals surface area contributed by atoms with Gasteiger partial charge in [0.1, 0.15) is 13.2 Å². The van der Waals surface area contributed by atoms with Gasteiger partial charge in [0.05, 0.1) is 10.0 Å². The van der Waals surface area contributed by atoms with Crippen molar-refractivity contribution in [1.29, 1.82) is 0 Å². The van der Waals surface area contributed by atoms with Crippen molar-refractivity contribution in [3.8, 4) is 11.5 Å². The Bertz CT molecular complexity index is 656. The van der Waals surface area contributed by atoms with Crippen LogP contribution in [0.5, 0.6) is 11.5 Å². The van der Waals surface area contributed by atoms with E-state index in [1.165, 1.54) is 12.1 Å². The number of hydrogen-bond donors (Lipinski definition) is 1. The van der Waals surface area contributed by atoms with Gasteiger partial charge in [-0.25, -0.2) is 4.39 Å². The Labute approximate surface area is 131 Å². The molecule has 0 unspecified atom stereocenters. The third-order valence-electron chi connectivity index (χ3n) is 3.11. The molecule has 2 aromatic carbocycles. The molecule has 0 bridgehead atoms. The highest BCUT2D eigenvalue weighted by molar-refractivity contribution is 6.35. The summed E-state index contributed by atoms with van der Waals surface area (Å²) >= 11 is 11.5. The fraction of sp³-hybridized carbons (Fsp3) is 0.200. The number of ether oxygens (including phenoxy) is 2. The van der Waals surface area contributed by atoms with E-state index in [-0.39, 0.29) is 10.0 Å². The lowest BCUT2D eigenvalue weighted by molar-refractivity contribution is 0.170. The molecule has 3 nitrogen and oxygen atoms in total. The number of para-hydroxylation sites is 1. The summed E-state index contributed by atoms with van der Waals surface area (Å²) in [6, 6.07) is 8.69. The Morgan fingerprint density at radius 1 is 1.10 bits per heavy atom. The van der Waals surface area contributed by atoms with E-state index in [2.05, 4.69) is 5.32 Å². The standard InChI is InChI=1S/C15H12Cl2FNO2/c16-11-6-10(7-12(17)14(11)18)19-8-9-2-1-3-13-15(9)21-5-4-20-13/h1-3,6-7,19H,4-5,8H2. The van der Waals surface area contributed by atoms with Crippen LogP contribution in [0.15, 0.2) is 30.3 Å². The summed E-state index contributed by atoms with van der Waals surface area (Å²) < 4.78 is 24.5. The zero-order chi connectivity index (χ0) is 14.8. The summed E-state index contributed by atoms with van der Waals surface area (Å²) in [6.07, 6.45) is 0. The van der Waals surface area contributed by atoms with Gasteiger partial charge in [-0.05, 0) is 18.2 Å². The molecule has 0 spiro atoms. The number of nitrogens with one attached hydrogen (secondary N) is 1. The molecule has 0 aliphatic carbocycles.